The molecule has 158 valence electrons. The van der Waals surface area contributed by atoms with E-state index in [0.29, 0.717) is 37.7 Å². The number of likely N-dealkylation sites (tertiary alicyclic amines) is 1. The van der Waals surface area contributed by atoms with Crippen LogP contribution in [-0.2, 0) is 22.6 Å². The van der Waals surface area contributed by atoms with Crippen molar-refractivity contribution in [1.29, 1.82) is 5.26 Å². The molecule has 1 unspecified atom stereocenters. The molecule has 8 heteroatoms. The fourth-order valence-electron chi connectivity index (χ4n) is 3.41. The van der Waals surface area contributed by atoms with Gasteiger partial charge in [-0.05, 0) is 42.2 Å². The van der Waals surface area contributed by atoms with E-state index in [9.17, 15) is 18.0 Å². The second-order valence-corrected chi connectivity index (χ2v) is 7.40. The monoisotopic (exact) mass is 417 g/mol. The van der Waals surface area contributed by atoms with Gasteiger partial charge in [0.1, 0.15) is 5.82 Å². The predicted molar refractivity (Wildman–Crippen MR) is 104 cm³/mol. The van der Waals surface area contributed by atoms with Crippen LogP contribution in [0.1, 0.15) is 29.5 Å². The van der Waals surface area contributed by atoms with Crippen LogP contribution in [0.3, 0.4) is 0 Å². The lowest BCUT2D eigenvalue weighted by Gasteiger charge is -2.19. The minimum Gasteiger partial charge on any atom is -0.372 e. The molecule has 1 heterocycles. The highest BCUT2D eigenvalue weighted by atomic mass is 19.2. The van der Waals surface area contributed by atoms with Gasteiger partial charge in [-0.1, -0.05) is 12.1 Å². The number of nitrogens with two attached hydrogens (primary N) is 1. The van der Waals surface area contributed by atoms with Gasteiger partial charge in [-0.3, -0.25) is 4.79 Å². The normalized spacial score (nSPS) is 17.0. The molecular formula is C22H22F3N3O2. The van der Waals surface area contributed by atoms with Gasteiger partial charge in [0, 0.05) is 31.6 Å². The summed E-state index contributed by atoms with van der Waals surface area (Å²) >= 11 is 0. The van der Waals surface area contributed by atoms with E-state index in [0.717, 1.165) is 11.6 Å². The van der Waals surface area contributed by atoms with E-state index in [1.165, 1.54) is 0 Å². The van der Waals surface area contributed by atoms with Gasteiger partial charge in [0.05, 0.1) is 24.3 Å². The van der Waals surface area contributed by atoms with Crippen molar-refractivity contribution in [2.75, 3.05) is 13.1 Å². The van der Waals surface area contributed by atoms with Gasteiger partial charge in [0.2, 0.25) is 5.91 Å². The SMILES string of the molecule is N#Cc1ccc(COC2CCN(C(=O)C[C@@H](N)Cc3cc(F)c(F)cc3F)C2)cc1. The number of hydrogen-bond acceptors (Lipinski definition) is 4. The highest BCUT2D eigenvalue weighted by Gasteiger charge is 2.28. The molecule has 0 spiro atoms. The molecule has 30 heavy (non-hydrogen) atoms. The van der Waals surface area contributed by atoms with Gasteiger partial charge < -0.3 is 15.4 Å². The summed E-state index contributed by atoms with van der Waals surface area (Å²) in [6.07, 6.45) is 0.487. The third-order valence-electron chi connectivity index (χ3n) is 5.07. The molecule has 1 amide bonds. The molecular weight excluding hydrogens is 395 g/mol. The van der Waals surface area contributed by atoms with Crippen LogP contribution in [0.5, 0.6) is 0 Å². The van der Waals surface area contributed by atoms with E-state index in [2.05, 4.69) is 6.07 Å². The summed E-state index contributed by atoms with van der Waals surface area (Å²) in [5, 5.41) is 8.82. The minimum atomic E-state index is -1.26. The Morgan fingerprint density at radius 2 is 1.90 bits per heavy atom. The number of benzene rings is 2. The molecule has 0 radical (unpaired) electrons. The number of amides is 1. The minimum absolute atomic E-state index is 0.0270. The van der Waals surface area contributed by atoms with Crippen molar-refractivity contribution in [3.63, 3.8) is 0 Å². The molecule has 1 aliphatic heterocycles. The predicted octanol–water partition coefficient (Wildman–Crippen LogP) is 3.05. The maximum atomic E-state index is 13.8. The van der Waals surface area contributed by atoms with Gasteiger partial charge >= 0.3 is 0 Å². The lowest BCUT2D eigenvalue weighted by molar-refractivity contribution is -0.131. The summed E-state index contributed by atoms with van der Waals surface area (Å²) < 4.78 is 45.9. The van der Waals surface area contributed by atoms with Crippen molar-refractivity contribution in [3.05, 3.63) is 70.5 Å². The molecule has 0 bridgehead atoms. The highest BCUT2D eigenvalue weighted by Crippen LogP contribution is 2.19. The zero-order valence-corrected chi connectivity index (χ0v) is 16.3. The Hall–Kier alpha value is -2.89. The molecule has 1 saturated heterocycles. The largest absolute Gasteiger partial charge is 0.372 e. The van der Waals surface area contributed by atoms with Crippen LogP contribution in [0.4, 0.5) is 13.2 Å². The summed E-state index contributed by atoms with van der Waals surface area (Å²) in [5.41, 5.74) is 7.40. The first-order valence-electron chi connectivity index (χ1n) is 9.63. The quantitative estimate of drug-likeness (QED) is 0.703. The van der Waals surface area contributed by atoms with Crippen LogP contribution in [0.2, 0.25) is 0 Å². The number of carbonyl (C=O) groups excluding carboxylic acids is 1. The maximum Gasteiger partial charge on any atom is 0.224 e. The number of halogens is 3. The summed E-state index contributed by atoms with van der Waals surface area (Å²) in [4.78, 5) is 14.1. The number of carbonyl (C=O) groups is 1. The summed E-state index contributed by atoms with van der Waals surface area (Å²) in [5.74, 6) is -3.47. The molecule has 2 N–H and O–H groups in total. The van der Waals surface area contributed by atoms with Gasteiger partial charge in [-0.2, -0.15) is 5.26 Å². The molecule has 0 aliphatic carbocycles. The van der Waals surface area contributed by atoms with Crippen molar-refractivity contribution in [2.45, 2.75) is 38.0 Å². The van der Waals surface area contributed by atoms with Gasteiger partial charge in [0.25, 0.3) is 0 Å². The zero-order chi connectivity index (χ0) is 21.7. The lowest BCUT2D eigenvalue weighted by Crippen LogP contribution is -2.36. The van der Waals surface area contributed by atoms with Crippen LogP contribution in [0.25, 0.3) is 0 Å². The van der Waals surface area contributed by atoms with Gasteiger partial charge in [-0.15, -0.1) is 0 Å². The third kappa shape index (κ3) is 5.59. The molecule has 3 rings (SSSR count). The Bertz CT molecular complexity index is 944. The molecule has 1 aliphatic rings. The molecule has 5 nitrogen and oxygen atoms in total. The van der Waals surface area contributed by atoms with Crippen LogP contribution in [0, 0.1) is 28.8 Å². The molecule has 2 aromatic carbocycles. The first-order valence-corrected chi connectivity index (χ1v) is 9.63. The fraction of sp³-hybridized carbons (Fsp3) is 0.364. The maximum absolute atomic E-state index is 13.8. The summed E-state index contributed by atoms with van der Waals surface area (Å²) in [6, 6.07) is 9.70. The first kappa shape index (κ1) is 21.8. The van der Waals surface area contributed by atoms with Crippen LogP contribution in [0.15, 0.2) is 36.4 Å². The average molecular weight is 417 g/mol. The number of nitrogens with zero attached hydrogens (tertiary/aromatic N) is 2. The Morgan fingerprint density at radius 1 is 1.20 bits per heavy atom. The van der Waals surface area contributed by atoms with E-state index in [4.69, 9.17) is 15.7 Å². The average Bonchev–Trinajstić information content (AvgIpc) is 3.20. The molecule has 0 saturated carbocycles. The van der Waals surface area contributed by atoms with E-state index in [-0.39, 0.29) is 30.4 Å². The van der Waals surface area contributed by atoms with Crippen molar-refractivity contribution in [1.82, 2.24) is 4.90 Å². The summed E-state index contributed by atoms with van der Waals surface area (Å²) in [7, 11) is 0. The second kappa shape index (κ2) is 9.74. The number of rotatable bonds is 7. The van der Waals surface area contributed by atoms with E-state index >= 15 is 0 Å². The second-order valence-electron chi connectivity index (χ2n) is 7.40. The Morgan fingerprint density at radius 3 is 2.60 bits per heavy atom. The third-order valence-corrected chi connectivity index (χ3v) is 5.07. The molecule has 2 aromatic rings. The molecule has 1 fully saturated rings. The van der Waals surface area contributed by atoms with Crippen molar-refractivity contribution < 1.29 is 22.7 Å². The van der Waals surface area contributed by atoms with Gasteiger partial charge in [-0.25, -0.2) is 13.2 Å². The van der Waals surface area contributed by atoms with Crippen molar-refractivity contribution >= 4 is 5.91 Å². The number of ether oxygens (including phenoxy) is 1. The van der Waals surface area contributed by atoms with Crippen LogP contribution in [-0.4, -0.2) is 36.0 Å². The van der Waals surface area contributed by atoms with Crippen molar-refractivity contribution in [3.8, 4) is 6.07 Å². The number of nitriles is 1. The topological polar surface area (TPSA) is 79.3 Å². The lowest BCUT2D eigenvalue weighted by atomic mass is 10.0. The molecule has 0 aromatic heterocycles. The Labute approximate surface area is 172 Å². The first-order chi connectivity index (χ1) is 14.4. The van der Waals surface area contributed by atoms with Crippen LogP contribution >= 0.6 is 0 Å². The molecule has 2 atom stereocenters. The standard InChI is InChI=1S/C22H22F3N3O2/c23-19-10-21(25)20(24)8-16(19)7-17(27)9-22(29)28-6-5-18(12-28)30-13-15-3-1-14(11-26)2-4-15/h1-4,8,10,17-18H,5-7,9,12-13,27H2/t17-,18?/m0/s1. The van der Waals surface area contributed by atoms with Crippen LogP contribution < -0.4 is 5.73 Å². The smallest absolute Gasteiger partial charge is 0.224 e. The van der Waals surface area contributed by atoms with E-state index < -0.39 is 23.5 Å². The highest BCUT2D eigenvalue weighted by molar-refractivity contribution is 5.77. The Balaban J connectivity index is 1.46. The van der Waals surface area contributed by atoms with Gasteiger partial charge in [0.15, 0.2) is 11.6 Å². The van der Waals surface area contributed by atoms with E-state index in [1.807, 2.05) is 12.1 Å². The fourth-order valence-corrected chi connectivity index (χ4v) is 3.41. The van der Waals surface area contributed by atoms with E-state index in [1.54, 1.807) is 17.0 Å². The Kier molecular flexibility index (Phi) is 7.08. The summed E-state index contributed by atoms with van der Waals surface area (Å²) in [6.45, 7) is 1.35. The van der Waals surface area contributed by atoms with Crippen molar-refractivity contribution in [2.24, 2.45) is 5.73 Å². The zero-order valence-electron chi connectivity index (χ0n) is 16.3. The number of hydrogen-bond donors (Lipinski definition) is 1.